The van der Waals surface area contributed by atoms with Crippen LogP contribution in [-0.2, 0) is 6.18 Å². The summed E-state index contributed by atoms with van der Waals surface area (Å²) in [5.41, 5.74) is -1.36. The Labute approximate surface area is 138 Å². The molecule has 2 amide bonds. The van der Waals surface area contributed by atoms with Gasteiger partial charge in [0.25, 0.3) is 0 Å². The molecule has 4 nitrogen and oxygen atoms in total. The van der Waals surface area contributed by atoms with E-state index in [1.54, 1.807) is 4.90 Å². The standard InChI is InChI=1S/C17H21F3N2O2/c18-17(19,20)13-5-2-6-14(11-13)21-15(23)22-9-7-16(24,8-10-22)12-3-1-4-12/h2,5-6,11-12,24H,1,3-4,7-10H2,(H,21,23). The number of anilines is 1. The second kappa shape index (κ2) is 6.27. The molecule has 1 aromatic rings. The molecule has 7 heteroatoms. The minimum atomic E-state index is -4.44. The maximum atomic E-state index is 12.7. The van der Waals surface area contributed by atoms with Gasteiger partial charge in [-0.25, -0.2) is 4.79 Å². The number of rotatable bonds is 2. The summed E-state index contributed by atoms with van der Waals surface area (Å²) < 4.78 is 38.1. The molecule has 0 spiro atoms. The highest BCUT2D eigenvalue weighted by Crippen LogP contribution is 2.42. The molecule has 2 fully saturated rings. The van der Waals surface area contributed by atoms with Gasteiger partial charge in [0.2, 0.25) is 0 Å². The Kier molecular flexibility index (Phi) is 4.46. The Hall–Kier alpha value is -1.76. The second-order valence-electron chi connectivity index (χ2n) is 6.73. The van der Waals surface area contributed by atoms with E-state index >= 15 is 0 Å². The largest absolute Gasteiger partial charge is 0.416 e. The summed E-state index contributed by atoms with van der Waals surface area (Å²) in [7, 11) is 0. The van der Waals surface area contributed by atoms with Crippen molar-refractivity contribution >= 4 is 11.7 Å². The molecule has 0 bridgehead atoms. The van der Waals surface area contributed by atoms with Crippen LogP contribution < -0.4 is 5.32 Å². The van der Waals surface area contributed by atoms with Gasteiger partial charge < -0.3 is 15.3 Å². The summed E-state index contributed by atoms with van der Waals surface area (Å²) in [5, 5.41) is 13.1. The molecule has 1 saturated carbocycles. The van der Waals surface area contributed by atoms with Crippen LogP contribution in [0.3, 0.4) is 0 Å². The van der Waals surface area contributed by atoms with Crippen LogP contribution in [0.4, 0.5) is 23.7 Å². The van der Waals surface area contributed by atoms with Gasteiger partial charge in [-0.15, -0.1) is 0 Å². The number of hydrogen-bond donors (Lipinski definition) is 2. The number of urea groups is 1. The van der Waals surface area contributed by atoms with E-state index in [9.17, 15) is 23.1 Å². The lowest BCUT2D eigenvalue weighted by atomic mass is 9.69. The second-order valence-corrected chi connectivity index (χ2v) is 6.73. The third-order valence-electron chi connectivity index (χ3n) is 5.22. The maximum Gasteiger partial charge on any atom is 0.416 e. The molecule has 0 aromatic heterocycles. The Morgan fingerprint density at radius 1 is 1.25 bits per heavy atom. The van der Waals surface area contributed by atoms with Crippen LogP contribution in [0.25, 0.3) is 0 Å². The minimum absolute atomic E-state index is 0.120. The van der Waals surface area contributed by atoms with Crippen molar-refractivity contribution in [1.82, 2.24) is 4.90 Å². The summed E-state index contributed by atoms with van der Waals surface area (Å²) in [6.07, 6.45) is -0.181. The Morgan fingerprint density at radius 3 is 2.46 bits per heavy atom. The van der Waals surface area contributed by atoms with E-state index < -0.39 is 23.4 Å². The number of aliphatic hydroxyl groups is 1. The van der Waals surface area contributed by atoms with E-state index in [4.69, 9.17) is 0 Å². The van der Waals surface area contributed by atoms with E-state index in [1.165, 1.54) is 12.1 Å². The lowest BCUT2D eigenvalue weighted by molar-refractivity contribution is -0.137. The molecule has 1 aliphatic carbocycles. The van der Waals surface area contributed by atoms with E-state index in [0.29, 0.717) is 31.8 Å². The fraction of sp³-hybridized carbons (Fsp3) is 0.588. The zero-order chi connectivity index (χ0) is 17.4. The van der Waals surface area contributed by atoms with Gasteiger partial charge in [0.15, 0.2) is 0 Å². The summed E-state index contributed by atoms with van der Waals surface area (Å²) in [6, 6.07) is 4.16. The zero-order valence-electron chi connectivity index (χ0n) is 13.3. The molecule has 132 valence electrons. The molecule has 0 atom stereocenters. The van der Waals surface area contributed by atoms with E-state index in [1.807, 2.05) is 0 Å². The monoisotopic (exact) mass is 342 g/mol. The number of nitrogens with zero attached hydrogens (tertiary/aromatic N) is 1. The predicted octanol–water partition coefficient (Wildman–Crippen LogP) is 3.86. The number of carbonyl (C=O) groups is 1. The first-order chi connectivity index (χ1) is 11.3. The van der Waals surface area contributed by atoms with Gasteiger partial charge in [-0.05, 0) is 49.8 Å². The average Bonchev–Trinajstić information content (AvgIpc) is 2.45. The molecule has 1 aliphatic heterocycles. The Bertz CT molecular complexity index is 606. The van der Waals surface area contributed by atoms with Gasteiger partial charge in [-0.2, -0.15) is 13.2 Å². The van der Waals surface area contributed by atoms with Gasteiger partial charge in [0.1, 0.15) is 0 Å². The van der Waals surface area contributed by atoms with Crippen molar-refractivity contribution in [2.24, 2.45) is 5.92 Å². The molecule has 1 aromatic carbocycles. The van der Waals surface area contributed by atoms with Gasteiger partial charge in [-0.3, -0.25) is 0 Å². The number of nitrogens with one attached hydrogen (secondary N) is 1. The zero-order valence-corrected chi connectivity index (χ0v) is 13.3. The van der Waals surface area contributed by atoms with Crippen molar-refractivity contribution in [2.45, 2.75) is 43.9 Å². The summed E-state index contributed by atoms with van der Waals surface area (Å²) >= 11 is 0. The van der Waals surface area contributed by atoms with E-state index in [-0.39, 0.29) is 5.69 Å². The van der Waals surface area contributed by atoms with Crippen molar-refractivity contribution in [3.05, 3.63) is 29.8 Å². The fourth-order valence-corrected chi connectivity index (χ4v) is 3.43. The maximum absolute atomic E-state index is 12.7. The van der Waals surface area contributed by atoms with Crippen molar-refractivity contribution in [3.8, 4) is 0 Å². The van der Waals surface area contributed by atoms with Gasteiger partial charge in [0, 0.05) is 18.8 Å². The quantitative estimate of drug-likeness (QED) is 0.857. The van der Waals surface area contributed by atoms with Crippen LogP contribution >= 0.6 is 0 Å². The lowest BCUT2D eigenvalue weighted by Crippen LogP contribution is -2.52. The number of likely N-dealkylation sites (tertiary alicyclic amines) is 1. The molecule has 0 unspecified atom stereocenters. The Balaban J connectivity index is 1.58. The van der Waals surface area contributed by atoms with Gasteiger partial charge >= 0.3 is 12.2 Å². The molecule has 0 radical (unpaired) electrons. The number of halogens is 3. The number of amides is 2. The number of piperidine rings is 1. The average molecular weight is 342 g/mol. The molecule has 1 saturated heterocycles. The third-order valence-corrected chi connectivity index (χ3v) is 5.22. The molecule has 24 heavy (non-hydrogen) atoms. The van der Waals surface area contributed by atoms with Crippen LogP contribution in [0.15, 0.2) is 24.3 Å². The van der Waals surface area contributed by atoms with Crippen molar-refractivity contribution in [2.75, 3.05) is 18.4 Å². The molecule has 1 heterocycles. The summed E-state index contributed by atoms with van der Waals surface area (Å²) in [6.45, 7) is 0.829. The number of carbonyl (C=O) groups excluding carboxylic acids is 1. The number of alkyl halides is 3. The van der Waals surface area contributed by atoms with Crippen LogP contribution in [-0.4, -0.2) is 34.7 Å². The van der Waals surface area contributed by atoms with Crippen molar-refractivity contribution in [1.29, 1.82) is 0 Å². The predicted molar refractivity (Wildman–Crippen MR) is 83.6 cm³/mol. The number of hydrogen-bond acceptors (Lipinski definition) is 2. The van der Waals surface area contributed by atoms with E-state index in [2.05, 4.69) is 5.32 Å². The first-order valence-corrected chi connectivity index (χ1v) is 8.23. The van der Waals surface area contributed by atoms with Crippen LogP contribution in [0.2, 0.25) is 0 Å². The SMILES string of the molecule is O=C(Nc1cccc(C(F)(F)F)c1)N1CCC(O)(C2CCC2)CC1. The molecular formula is C17H21F3N2O2. The first kappa shape index (κ1) is 17.1. The van der Waals surface area contributed by atoms with Gasteiger partial charge in [0.05, 0.1) is 11.2 Å². The highest BCUT2D eigenvalue weighted by Gasteiger charge is 2.43. The third kappa shape index (κ3) is 3.50. The van der Waals surface area contributed by atoms with Crippen molar-refractivity contribution < 1.29 is 23.1 Å². The topological polar surface area (TPSA) is 52.6 Å². The summed E-state index contributed by atoms with van der Waals surface area (Å²) in [5.74, 6) is 0.325. The lowest BCUT2D eigenvalue weighted by Gasteiger charge is -2.46. The minimum Gasteiger partial charge on any atom is -0.389 e. The van der Waals surface area contributed by atoms with E-state index in [0.717, 1.165) is 31.4 Å². The molecule has 2 N–H and O–H groups in total. The normalized spacial score (nSPS) is 21.2. The van der Waals surface area contributed by atoms with Crippen LogP contribution in [0.5, 0.6) is 0 Å². The summed E-state index contributed by atoms with van der Waals surface area (Å²) in [4.78, 5) is 13.8. The molecular weight excluding hydrogens is 321 g/mol. The van der Waals surface area contributed by atoms with Crippen LogP contribution in [0, 0.1) is 5.92 Å². The fourth-order valence-electron chi connectivity index (χ4n) is 3.43. The smallest absolute Gasteiger partial charge is 0.389 e. The highest BCUT2D eigenvalue weighted by atomic mass is 19.4. The highest BCUT2D eigenvalue weighted by molar-refractivity contribution is 5.89. The van der Waals surface area contributed by atoms with Crippen molar-refractivity contribution in [3.63, 3.8) is 0 Å². The van der Waals surface area contributed by atoms with Gasteiger partial charge in [-0.1, -0.05) is 12.5 Å². The molecule has 2 aliphatic rings. The van der Waals surface area contributed by atoms with Crippen LogP contribution in [0.1, 0.15) is 37.7 Å². The molecule has 3 rings (SSSR count). The Morgan fingerprint density at radius 2 is 1.92 bits per heavy atom. The number of benzene rings is 1. The first-order valence-electron chi connectivity index (χ1n) is 8.23.